The number of nitrogens with one attached hydrogen (secondary N) is 1. The monoisotopic (exact) mass is 263 g/mol. The van der Waals surface area contributed by atoms with Crippen LogP contribution in [0.4, 0.5) is 11.4 Å². The van der Waals surface area contributed by atoms with Crippen LogP contribution < -0.4 is 5.32 Å². The van der Waals surface area contributed by atoms with Crippen LogP contribution >= 0.6 is 0 Å². The van der Waals surface area contributed by atoms with E-state index in [4.69, 9.17) is 0 Å². The SMILES string of the molecule is Cc1ccc([N+](=O)[O-])cc1NCC(C)N1CCCC1. The number of non-ortho nitro benzene ring substituents is 1. The van der Waals surface area contributed by atoms with Crippen LogP contribution in [-0.2, 0) is 0 Å². The van der Waals surface area contributed by atoms with Crippen LogP contribution in [0.3, 0.4) is 0 Å². The summed E-state index contributed by atoms with van der Waals surface area (Å²) in [5.41, 5.74) is 2.04. The summed E-state index contributed by atoms with van der Waals surface area (Å²) < 4.78 is 0. The lowest BCUT2D eigenvalue weighted by Gasteiger charge is -2.24. The maximum Gasteiger partial charge on any atom is 0.271 e. The quantitative estimate of drug-likeness (QED) is 0.655. The number of nitro benzene ring substituents is 1. The molecule has 1 atom stereocenters. The van der Waals surface area contributed by atoms with Gasteiger partial charge in [0.2, 0.25) is 0 Å². The van der Waals surface area contributed by atoms with Crippen LogP contribution in [0.2, 0.25) is 0 Å². The molecule has 1 aromatic rings. The number of benzene rings is 1. The van der Waals surface area contributed by atoms with Crippen molar-refractivity contribution in [3.63, 3.8) is 0 Å². The van der Waals surface area contributed by atoms with Crippen LogP contribution in [0.15, 0.2) is 18.2 Å². The molecule has 1 heterocycles. The molecule has 1 aliphatic rings. The van der Waals surface area contributed by atoms with Crippen molar-refractivity contribution in [3.8, 4) is 0 Å². The summed E-state index contributed by atoms with van der Waals surface area (Å²) in [7, 11) is 0. The maximum atomic E-state index is 10.8. The van der Waals surface area contributed by atoms with E-state index in [2.05, 4.69) is 17.1 Å². The van der Waals surface area contributed by atoms with E-state index in [1.807, 2.05) is 6.92 Å². The molecule has 1 fully saturated rings. The molecule has 0 spiro atoms. The first kappa shape index (κ1) is 13.8. The van der Waals surface area contributed by atoms with Gasteiger partial charge in [0, 0.05) is 30.4 Å². The Morgan fingerprint density at radius 1 is 1.42 bits per heavy atom. The Balaban J connectivity index is 1.98. The van der Waals surface area contributed by atoms with Gasteiger partial charge in [0.25, 0.3) is 5.69 Å². The highest BCUT2D eigenvalue weighted by Gasteiger charge is 2.18. The molecule has 2 rings (SSSR count). The summed E-state index contributed by atoms with van der Waals surface area (Å²) >= 11 is 0. The summed E-state index contributed by atoms with van der Waals surface area (Å²) in [4.78, 5) is 12.9. The smallest absolute Gasteiger partial charge is 0.271 e. The van der Waals surface area contributed by atoms with Gasteiger partial charge in [-0.3, -0.25) is 15.0 Å². The predicted octanol–water partition coefficient (Wildman–Crippen LogP) is 2.80. The zero-order valence-electron chi connectivity index (χ0n) is 11.6. The molecule has 1 N–H and O–H groups in total. The molecule has 0 bridgehead atoms. The van der Waals surface area contributed by atoms with Gasteiger partial charge in [0.1, 0.15) is 0 Å². The molecule has 1 unspecified atom stereocenters. The van der Waals surface area contributed by atoms with E-state index in [-0.39, 0.29) is 10.6 Å². The highest BCUT2D eigenvalue weighted by Crippen LogP contribution is 2.22. The number of aryl methyl sites for hydroxylation is 1. The second-order valence-corrected chi connectivity index (χ2v) is 5.23. The Hall–Kier alpha value is -1.62. The fraction of sp³-hybridized carbons (Fsp3) is 0.571. The Morgan fingerprint density at radius 2 is 2.11 bits per heavy atom. The fourth-order valence-electron chi connectivity index (χ4n) is 2.48. The summed E-state index contributed by atoms with van der Waals surface area (Å²) in [6, 6.07) is 5.42. The molecule has 1 saturated heterocycles. The Labute approximate surface area is 113 Å². The number of nitro groups is 1. The van der Waals surface area contributed by atoms with E-state index in [9.17, 15) is 10.1 Å². The van der Waals surface area contributed by atoms with E-state index in [0.717, 1.165) is 30.9 Å². The molecule has 1 aromatic carbocycles. The van der Waals surface area contributed by atoms with Gasteiger partial charge < -0.3 is 5.32 Å². The van der Waals surface area contributed by atoms with Crippen LogP contribution in [-0.4, -0.2) is 35.5 Å². The number of hydrogen-bond donors (Lipinski definition) is 1. The van der Waals surface area contributed by atoms with Crippen molar-refractivity contribution in [2.45, 2.75) is 32.7 Å². The first-order valence-corrected chi connectivity index (χ1v) is 6.81. The van der Waals surface area contributed by atoms with E-state index < -0.39 is 0 Å². The van der Waals surface area contributed by atoms with Crippen LogP contribution in [0.1, 0.15) is 25.3 Å². The molecule has 5 heteroatoms. The second kappa shape index (κ2) is 6.02. The molecule has 0 aromatic heterocycles. The standard InChI is InChI=1S/C14H21N3O2/c1-11-5-6-13(17(18)19)9-14(11)15-10-12(2)16-7-3-4-8-16/h5-6,9,12,15H,3-4,7-8,10H2,1-2H3. The summed E-state index contributed by atoms with van der Waals surface area (Å²) in [6.45, 7) is 7.31. The molecule has 0 saturated carbocycles. The lowest BCUT2D eigenvalue weighted by Crippen LogP contribution is -2.35. The first-order valence-electron chi connectivity index (χ1n) is 6.81. The predicted molar refractivity (Wildman–Crippen MR) is 76.6 cm³/mol. The molecule has 19 heavy (non-hydrogen) atoms. The van der Waals surface area contributed by atoms with Gasteiger partial charge in [-0.25, -0.2) is 0 Å². The van der Waals surface area contributed by atoms with Crippen LogP contribution in [0.25, 0.3) is 0 Å². The van der Waals surface area contributed by atoms with Gasteiger partial charge in [-0.05, 0) is 45.3 Å². The molecule has 1 aliphatic heterocycles. The highest BCUT2D eigenvalue weighted by atomic mass is 16.6. The van der Waals surface area contributed by atoms with Gasteiger partial charge in [-0.15, -0.1) is 0 Å². The van der Waals surface area contributed by atoms with Crippen molar-refractivity contribution < 1.29 is 4.92 Å². The zero-order valence-corrected chi connectivity index (χ0v) is 11.6. The van der Waals surface area contributed by atoms with Crippen molar-refractivity contribution in [1.82, 2.24) is 4.90 Å². The number of likely N-dealkylation sites (tertiary alicyclic amines) is 1. The second-order valence-electron chi connectivity index (χ2n) is 5.23. The lowest BCUT2D eigenvalue weighted by atomic mass is 10.1. The number of hydrogen-bond acceptors (Lipinski definition) is 4. The Bertz CT molecular complexity index is 456. The number of anilines is 1. The van der Waals surface area contributed by atoms with Crippen molar-refractivity contribution in [2.75, 3.05) is 25.0 Å². The van der Waals surface area contributed by atoms with Crippen molar-refractivity contribution >= 4 is 11.4 Å². The zero-order chi connectivity index (χ0) is 13.8. The summed E-state index contributed by atoms with van der Waals surface area (Å²) in [6.07, 6.45) is 2.56. The molecule has 0 radical (unpaired) electrons. The summed E-state index contributed by atoms with van der Waals surface area (Å²) in [5.74, 6) is 0. The first-order chi connectivity index (χ1) is 9.08. The highest BCUT2D eigenvalue weighted by molar-refractivity contribution is 5.56. The van der Waals surface area contributed by atoms with Gasteiger partial charge >= 0.3 is 0 Å². The molecule has 5 nitrogen and oxygen atoms in total. The lowest BCUT2D eigenvalue weighted by molar-refractivity contribution is -0.384. The Morgan fingerprint density at radius 3 is 2.74 bits per heavy atom. The van der Waals surface area contributed by atoms with E-state index in [1.54, 1.807) is 18.2 Å². The third-order valence-electron chi connectivity index (χ3n) is 3.78. The third-order valence-corrected chi connectivity index (χ3v) is 3.78. The van der Waals surface area contributed by atoms with Crippen LogP contribution in [0.5, 0.6) is 0 Å². The average Bonchev–Trinajstić information content (AvgIpc) is 2.91. The average molecular weight is 263 g/mol. The molecule has 0 aliphatic carbocycles. The molecule has 104 valence electrons. The molecule has 0 amide bonds. The number of rotatable bonds is 5. The number of nitrogens with zero attached hydrogens (tertiary/aromatic N) is 2. The minimum Gasteiger partial charge on any atom is -0.383 e. The van der Waals surface area contributed by atoms with E-state index in [0.29, 0.717) is 6.04 Å². The van der Waals surface area contributed by atoms with Crippen molar-refractivity contribution in [2.24, 2.45) is 0 Å². The summed E-state index contributed by atoms with van der Waals surface area (Å²) in [5, 5.41) is 14.1. The minimum atomic E-state index is -0.353. The largest absolute Gasteiger partial charge is 0.383 e. The Kier molecular flexibility index (Phi) is 4.37. The van der Waals surface area contributed by atoms with Gasteiger partial charge in [0.15, 0.2) is 0 Å². The maximum absolute atomic E-state index is 10.8. The van der Waals surface area contributed by atoms with Crippen molar-refractivity contribution in [1.29, 1.82) is 0 Å². The molecular weight excluding hydrogens is 242 g/mol. The van der Waals surface area contributed by atoms with Crippen LogP contribution in [0, 0.1) is 17.0 Å². The van der Waals surface area contributed by atoms with E-state index >= 15 is 0 Å². The van der Waals surface area contributed by atoms with Gasteiger partial charge in [-0.1, -0.05) is 6.07 Å². The van der Waals surface area contributed by atoms with Crippen molar-refractivity contribution in [3.05, 3.63) is 33.9 Å². The fourth-order valence-corrected chi connectivity index (χ4v) is 2.48. The molecular formula is C14H21N3O2. The van der Waals surface area contributed by atoms with E-state index in [1.165, 1.54) is 12.8 Å². The normalized spacial score (nSPS) is 17.4. The van der Waals surface area contributed by atoms with Gasteiger partial charge in [0.05, 0.1) is 4.92 Å². The van der Waals surface area contributed by atoms with Gasteiger partial charge in [-0.2, -0.15) is 0 Å². The third kappa shape index (κ3) is 3.44. The topological polar surface area (TPSA) is 58.4 Å². The minimum absolute atomic E-state index is 0.141.